The smallest absolute Gasteiger partial charge is 0.307 e. The first-order chi connectivity index (χ1) is 13.5. The van der Waals surface area contributed by atoms with Crippen molar-refractivity contribution in [3.8, 4) is 11.1 Å². The molecule has 28 heavy (non-hydrogen) atoms. The molecule has 0 spiro atoms. The van der Waals surface area contributed by atoms with Crippen molar-refractivity contribution in [1.29, 1.82) is 0 Å². The van der Waals surface area contributed by atoms with E-state index in [1.165, 1.54) is 11.8 Å². The van der Waals surface area contributed by atoms with E-state index in [0.717, 1.165) is 16.0 Å². The minimum atomic E-state index is -0.889. The lowest BCUT2D eigenvalue weighted by Crippen LogP contribution is -2.19. The summed E-state index contributed by atoms with van der Waals surface area (Å²) in [5, 5.41) is 20.8. The molecular formula is C23H21ClO3S. The van der Waals surface area contributed by atoms with E-state index in [1.54, 1.807) is 0 Å². The summed E-state index contributed by atoms with van der Waals surface area (Å²) in [6.45, 7) is 0. The number of carboxylic acids is 1. The molecule has 0 saturated carbocycles. The van der Waals surface area contributed by atoms with E-state index in [4.69, 9.17) is 11.6 Å². The number of rotatable bonds is 8. The molecule has 0 fully saturated rings. The molecule has 5 heteroatoms. The number of thioether (sulfide) groups is 1. The highest BCUT2D eigenvalue weighted by molar-refractivity contribution is 7.99. The van der Waals surface area contributed by atoms with E-state index < -0.39 is 18.0 Å². The van der Waals surface area contributed by atoms with Gasteiger partial charge in [-0.3, -0.25) is 4.79 Å². The van der Waals surface area contributed by atoms with Crippen LogP contribution in [0.25, 0.3) is 11.1 Å². The average molecular weight is 413 g/mol. The van der Waals surface area contributed by atoms with Gasteiger partial charge < -0.3 is 10.2 Å². The third-order valence-corrected chi connectivity index (χ3v) is 5.95. The van der Waals surface area contributed by atoms with Gasteiger partial charge in [-0.05, 0) is 47.4 Å². The van der Waals surface area contributed by atoms with Crippen LogP contribution < -0.4 is 0 Å². The highest BCUT2D eigenvalue weighted by atomic mass is 35.5. The van der Waals surface area contributed by atoms with Crippen LogP contribution in [0, 0.1) is 5.92 Å². The van der Waals surface area contributed by atoms with Crippen LogP contribution in [0.4, 0.5) is 0 Å². The standard InChI is InChI=1S/C23H21ClO3S/c24-20-12-10-17(11-13-20)16-6-8-18(9-7-16)22(25)14-19(23(26)27)15-28-21-4-2-1-3-5-21/h1-13,19,22,25H,14-15H2,(H,26,27). The van der Waals surface area contributed by atoms with E-state index in [0.29, 0.717) is 16.3 Å². The first-order valence-electron chi connectivity index (χ1n) is 8.97. The fourth-order valence-corrected chi connectivity index (χ4v) is 4.05. The maximum Gasteiger partial charge on any atom is 0.307 e. The molecule has 0 aliphatic carbocycles. The largest absolute Gasteiger partial charge is 0.481 e. The highest BCUT2D eigenvalue weighted by Crippen LogP contribution is 2.29. The Morgan fingerprint density at radius 3 is 2.04 bits per heavy atom. The molecule has 0 amide bonds. The molecule has 3 nitrogen and oxygen atoms in total. The van der Waals surface area contributed by atoms with Gasteiger partial charge in [0.1, 0.15) is 0 Å². The lowest BCUT2D eigenvalue weighted by Gasteiger charge is -2.17. The predicted molar refractivity (Wildman–Crippen MR) is 115 cm³/mol. The molecule has 144 valence electrons. The maximum atomic E-state index is 11.6. The molecule has 0 heterocycles. The number of hydrogen-bond acceptors (Lipinski definition) is 3. The van der Waals surface area contributed by atoms with Gasteiger partial charge in [-0.2, -0.15) is 0 Å². The molecule has 0 aliphatic heterocycles. The lowest BCUT2D eigenvalue weighted by molar-refractivity contribution is -0.142. The summed E-state index contributed by atoms with van der Waals surface area (Å²) in [5.74, 6) is -1.10. The van der Waals surface area contributed by atoms with Crippen molar-refractivity contribution in [3.63, 3.8) is 0 Å². The number of halogens is 1. The molecule has 0 bridgehead atoms. The number of carbonyl (C=O) groups is 1. The second-order valence-electron chi connectivity index (χ2n) is 6.54. The van der Waals surface area contributed by atoms with Crippen molar-refractivity contribution in [2.24, 2.45) is 5.92 Å². The van der Waals surface area contributed by atoms with Gasteiger partial charge in [0, 0.05) is 15.7 Å². The molecule has 2 atom stereocenters. The van der Waals surface area contributed by atoms with Gasteiger partial charge in [-0.1, -0.05) is 66.2 Å². The second-order valence-corrected chi connectivity index (χ2v) is 8.07. The minimum Gasteiger partial charge on any atom is -0.481 e. The van der Waals surface area contributed by atoms with Gasteiger partial charge in [0.25, 0.3) is 0 Å². The van der Waals surface area contributed by atoms with Crippen LogP contribution in [0.15, 0.2) is 83.8 Å². The van der Waals surface area contributed by atoms with Crippen molar-refractivity contribution < 1.29 is 15.0 Å². The summed E-state index contributed by atoms with van der Waals surface area (Å²) in [5.41, 5.74) is 2.77. The Kier molecular flexibility index (Phi) is 7.15. The normalized spacial score (nSPS) is 13.1. The van der Waals surface area contributed by atoms with Crippen LogP contribution in [0.3, 0.4) is 0 Å². The van der Waals surface area contributed by atoms with Crippen molar-refractivity contribution in [2.45, 2.75) is 17.4 Å². The Bertz CT molecular complexity index is 895. The van der Waals surface area contributed by atoms with Crippen molar-refractivity contribution >= 4 is 29.3 Å². The first kappa shape index (κ1) is 20.5. The molecule has 3 aromatic rings. The minimum absolute atomic E-state index is 0.176. The van der Waals surface area contributed by atoms with Gasteiger partial charge in [-0.15, -0.1) is 11.8 Å². The SMILES string of the molecule is O=C(O)C(CSc1ccccc1)CC(O)c1ccc(-c2ccc(Cl)cc2)cc1. The molecule has 3 rings (SSSR count). The summed E-state index contributed by atoms with van der Waals surface area (Å²) < 4.78 is 0. The van der Waals surface area contributed by atoms with Crippen LogP contribution in [0.2, 0.25) is 5.02 Å². The van der Waals surface area contributed by atoms with E-state index in [2.05, 4.69) is 0 Å². The zero-order valence-corrected chi connectivity index (χ0v) is 16.7. The Morgan fingerprint density at radius 2 is 1.46 bits per heavy atom. The van der Waals surface area contributed by atoms with Gasteiger partial charge in [0.2, 0.25) is 0 Å². The topological polar surface area (TPSA) is 57.5 Å². The third-order valence-electron chi connectivity index (χ3n) is 4.52. The monoisotopic (exact) mass is 412 g/mol. The molecule has 0 aliphatic rings. The Labute approximate surface area is 174 Å². The molecule has 2 unspecified atom stereocenters. The lowest BCUT2D eigenvalue weighted by atomic mass is 9.96. The summed E-state index contributed by atoms with van der Waals surface area (Å²) in [6.07, 6.45) is -0.646. The van der Waals surface area contributed by atoms with E-state index in [-0.39, 0.29) is 6.42 Å². The highest BCUT2D eigenvalue weighted by Gasteiger charge is 2.22. The molecule has 0 aromatic heterocycles. The van der Waals surface area contributed by atoms with Crippen LogP contribution in [0.5, 0.6) is 0 Å². The van der Waals surface area contributed by atoms with E-state index in [1.807, 2.05) is 78.9 Å². The fourth-order valence-electron chi connectivity index (χ4n) is 2.90. The zero-order valence-electron chi connectivity index (χ0n) is 15.2. The number of aliphatic hydroxyl groups excluding tert-OH is 1. The van der Waals surface area contributed by atoms with Gasteiger partial charge in [0.05, 0.1) is 12.0 Å². The molecule has 0 saturated heterocycles. The number of hydrogen-bond donors (Lipinski definition) is 2. The number of benzene rings is 3. The predicted octanol–water partition coefficient (Wildman–Crippen LogP) is 5.92. The Morgan fingerprint density at radius 1 is 0.893 bits per heavy atom. The summed E-state index contributed by atoms with van der Waals surface area (Å²) >= 11 is 7.41. The second kappa shape index (κ2) is 9.78. The van der Waals surface area contributed by atoms with Crippen LogP contribution in [-0.2, 0) is 4.79 Å². The Balaban J connectivity index is 1.63. The van der Waals surface area contributed by atoms with Crippen molar-refractivity contribution in [3.05, 3.63) is 89.4 Å². The third kappa shape index (κ3) is 5.61. The van der Waals surface area contributed by atoms with E-state index >= 15 is 0 Å². The molecular weight excluding hydrogens is 392 g/mol. The van der Waals surface area contributed by atoms with Gasteiger partial charge in [0.15, 0.2) is 0 Å². The maximum absolute atomic E-state index is 11.6. The van der Waals surface area contributed by atoms with Crippen LogP contribution >= 0.6 is 23.4 Å². The number of aliphatic hydroxyl groups is 1. The summed E-state index contributed by atoms with van der Waals surface area (Å²) in [6, 6.07) is 24.8. The molecule has 0 radical (unpaired) electrons. The molecule has 2 N–H and O–H groups in total. The molecule has 3 aromatic carbocycles. The van der Waals surface area contributed by atoms with Crippen molar-refractivity contribution in [2.75, 3.05) is 5.75 Å². The Hall–Kier alpha value is -2.27. The van der Waals surface area contributed by atoms with Crippen LogP contribution in [0.1, 0.15) is 18.1 Å². The fraction of sp³-hybridized carbons (Fsp3) is 0.174. The van der Waals surface area contributed by atoms with Crippen molar-refractivity contribution in [1.82, 2.24) is 0 Å². The summed E-state index contributed by atoms with van der Waals surface area (Å²) in [4.78, 5) is 12.6. The van der Waals surface area contributed by atoms with Gasteiger partial charge >= 0.3 is 5.97 Å². The first-order valence-corrected chi connectivity index (χ1v) is 10.3. The van der Waals surface area contributed by atoms with Gasteiger partial charge in [-0.25, -0.2) is 0 Å². The quantitative estimate of drug-likeness (QED) is 0.450. The number of aliphatic carboxylic acids is 1. The van der Waals surface area contributed by atoms with Crippen LogP contribution in [-0.4, -0.2) is 21.9 Å². The number of carboxylic acid groups (broad SMARTS) is 1. The zero-order chi connectivity index (χ0) is 19.9. The van der Waals surface area contributed by atoms with E-state index in [9.17, 15) is 15.0 Å². The summed E-state index contributed by atoms with van der Waals surface area (Å²) in [7, 11) is 0. The average Bonchev–Trinajstić information content (AvgIpc) is 2.72.